The SMILES string of the molecule is CC.OCc1ccc(CO)cc1. The zero-order valence-corrected chi connectivity index (χ0v) is 7.62. The third kappa shape index (κ3) is 3.51. The Kier molecular flexibility index (Phi) is 6.34. The predicted octanol–water partition coefficient (Wildman–Crippen LogP) is 1.70. The summed E-state index contributed by atoms with van der Waals surface area (Å²) in [6.07, 6.45) is 0. The van der Waals surface area contributed by atoms with E-state index in [1.807, 2.05) is 13.8 Å². The van der Waals surface area contributed by atoms with Crippen molar-refractivity contribution in [3.05, 3.63) is 35.4 Å². The maximum Gasteiger partial charge on any atom is 0.0681 e. The highest BCUT2D eigenvalue weighted by Crippen LogP contribution is 2.03. The van der Waals surface area contributed by atoms with Crippen LogP contribution in [0.3, 0.4) is 0 Å². The number of aliphatic hydroxyl groups excluding tert-OH is 2. The molecule has 0 saturated heterocycles. The molecule has 0 spiro atoms. The predicted molar refractivity (Wildman–Crippen MR) is 49.6 cm³/mol. The van der Waals surface area contributed by atoms with E-state index < -0.39 is 0 Å². The van der Waals surface area contributed by atoms with E-state index in [1.165, 1.54) is 0 Å². The van der Waals surface area contributed by atoms with Crippen LogP contribution in [0, 0.1) is 0 Å². The van der Waals surface area contributed by atoms with E-state index in [0.29, 0.717) is 0 Å². The summed E-state index contributed by atoms with van der Waals surface area (Å²) in [5, 5.41) is 17.3. The second kappa shape index (κ2) is 6.83. The summed E-state index contributed by atoms with van der Waals surface area (Å²) in [5.74, 6) is 0. The molecule has 68 valence electrons. The molecular weight excluding hydrogens is 152 g/mol. The van der Waals surface area contributed by atoms with Gasteiger partial charge < -0.3 is 10.2 Å². The summed E-state index contributed by atoms with van der Waals surface area (Å²) in [4.78, 5) is 0. The van der Waals surface area contributed by atoms with Crippen molar-refractivity contribution in [3.63, 3.8) is 0 Å². The molecule has 0 aliphatic rings. The van der Waals surface area contributed by atoms with E-state index in [0.717, 1.165) is 11.1 Å². The lowest BCUT2D eigenvalue weighted by Crippen LogP contribution is -1.85. The lowest BCUT2D eigenvalue weighted by Gasteiger charge is -1.96. The Bertz CT molecular complexity index is 168. The van der Waals surface area contributed by atoms with Crippen molar-refractivity contribution < 1.29 is 10.2 Å². The molecule has 0 aliphatic carbocycles. The molecule has 0 saturated carbocycles. The smallest absolute Gasteiger partial charge is 0.0681 e. The van der Waals surface area contributed by atoms with Crippen molar-refractivity contribution in [1.29, 1.82) is 0 Å². The van der Waals surface area contributed by atoms with Crippen molar-refractivity contribution in [3.8, 4) is 0 Å². The van der Waals surface area contributed by atoms with Gasteiger partial charge in [-0.2, -0.15) is 0 Å². The molecule has 1 aromatic carbocycles. The van der Waals surface area contributed by atoms with Crippen molar-refractivity contribution in [1.82, 2.24) is 0 Å². The second-order valence-electron chi connectivity index (χ2n) is 2.13. The number of hydrogen-bond donors (Lipinski definition) is 2. The number of benzene rings is 1. The first-order valence-corrected chi connectivity index (χ1v) is 4.16. The van der Waals surface area contributed by atoms with E-state index >= 15 is 0 Å². The molecule has 0 atom stereocenters. The third-order valence-corrected chi connectivity index (χ3v) is 1.39. The van der Waals surface area contributed by atoms with Gasteiger partial charge >= 0.3 is 0 Å². The Labute approximate surface area is 73.5 Å². The van der Waals surface area contributed by atoms with Gasteiger partial charge in [0.15, 0.2) is 0 Å². The Balaban J connectivity index is 0.000000561. The fourth-order valence-corrected chi connectivity index (χ4v) is 0.750. The van der Waals surface area contributed by atoms with Crippen LogP contribution < -0.4 is 0 Å². The van der Waals surface area contributed by atoms with Crippen LogP contribution in [0.4, 0.5) is 0 Å². The third-order valence-electron chi connectivity index (χ3n) is 1.39. The van der Waals surface area contributed by atoms with E-state index in [4.69, 9.17) is 10.2 Å². The molecule has 1 rings (SSSR count). The quantitative estimate of drug-likeness (QED) is 0.705. The van der Waals surface area contributed by atoms with Gasteiger partial charge in [0.1, 0.15) is 0 Å². The zero-order valence-electron chi connectivity index (χ0n) is 7.62. The Morgan fingerprint density at radius 1 is 0.833 bits per heavy atom. The molecule has 0 aromatic heterocycles. The summed E-state index contributed by atoms with van der Waals surface area (Å²) >= 11 is 0. The summed E-state index contributed by atoms with van der Waals surface area (Å²) in [6.45, 7) is 4.12. The molecule has 12 heavy (non-hydrogen) atoms. The average Bonchev–Trinajstić information content (AvgIpc) is 2.21. The fraction of sp³-hybridized carbons (Fsp3) is 0.400. The minimum absolute atomic E-state index is 0.0612. The maximum atomic E-state index is 8.64. The Hall–Kier alpha value is -0.860. The topological polar surface area (TPSA) is 40.5 Å². The molecule has 1 aromatic rings. The first-order chi connectivity index (χ1) is 5.86. The maximum absolute atomic E-state index is 8.64. The van der Waals surface area contributed by atoms with Gasteiger partial charge in [0.25, 0.3) is 0 Å². The standard InChI is InChI=1S/C8H10O2.C2H6/c9-5-7-1-2-8(6-10)4-3-7;1-2/h1-4,9-10H,5-6H2;1-2H3. The van der Waals surface area contributed by atoms with E-state index in [2.05, 4.69) is 0 Å². The molecule has 2 N–H and O–H groups in total. The minimum atomic E-state index is 0.0612. The van der Waals surface area contributed by atoms with Crippen LogP contribution in [-0.4, -0.2) is 10.2 Å². The normalized spacial score (nSPS) is 8.67. The molecule has 0 radical (unpaired) electrons. The highest BCUT2D eigenvalue weighted by Gasteiger charge is 1.89. The van der Waals surface area contributed by atoms with E-state index in [9.17, 15) is 0 Å². The van der Waals surface area contributed by atoms with Gasteiger partial charge in [-0.05, 0) is 11.1 Å². The van der Waals surface area contributed by atoms with Crippen LogP contribution in [0.2, 0.25) is 0 Å². The zero-order chi connectivity index (χ0) is 9.40. The first-order valence-electron chi connectivity index (χ1n) is 4.16. The summed E-state index contributed by atoms with van der Waals surface area (Å²) < 4.78 is 0. The summed E-state index contributed by atoms with van der Waals surface area (Å²) in [6, 6.07) is 7.19. The van der Waals surface area contributed by atoms with Crippen LogP contribution in [0.25, 0.3) is 0 Å². The Morgan fingerprint density at radius 2 is 1.08 bits per heavy atom. The Morgan fingerprint density at radius 3 is 1.25 bits per heavy atom. The van der Waals surface area contributed by atoms with Crippen molar-refractivity contribution in [2.24, 2.45) is 0 Å². The van der Waals surface area contributed by atoms with Gasteiger partial charge in [-0.15, -0.1) is 0 Å². The van der Waals surface area contributed by atoms with Crippen LogP contribution in [-0.2, 0) is 13.2 Å². The summed E-state index contributed by atoms with van der Waals surface area (Å²) in [7, 11) is 0. The molecule has 0 aliphatic heterocycles. The number of hydrogen-bond acceptors (Lipinski definition) is 2. The van der Waals surface area contributed by atoms with Gasteiger partial charge in [-0.1, -0.05) is 38.1 Å². The number of rotatable bonds is 2. The van der Waals surface area contributed by atoms with Gasteiger partial charge in [-0.3, -0.25) is 0 Å². The monoisotopic (exact) mass is 168 g/mol. The van der Waals surface area contributed by atoms with Crippen LogP contribution in [0.15, 0.2) is 24.3 Å². The summed E-state index contributed by atoms with van der Waals surface area (Å²) in [5.41, 5.74) is 1.74. The van der Waals surface area contributed by atoms with Gasteiger partial charge in [0.2, 0.25) is 0 Å². The van der Waals surface area contributed by atoms with Crippen molar-refractivity contribution in [2.45, 2.75) is 27.1 Å². The minimum Gasteiger partial charge on any atom is -0.392 e. The van der Waals surface area contributed by atoms with Gasteiger partial charge in [-0.25, -0.2) is 0 Å². The van der Waals surface area contributed by atoms with Crippen molar-refractivity contribution >= 4 is 0 Å². The molecule has 2 nitrogen and oxygen atoms in total. The van der Waals surface area contributed by atoms with E-state index in [1.54, 1.807) is 24.3 Å². The fourth-order valence-electron chi connectivity index (χ4n) is 0.750. The first kappa shape index (κ1) is 11.1. The molecular formula is C10H16O2. The molecule has 2 heteroatoms. The molecule has 0 unspecified atom stereocenters. The van der Waals surface area contributed by atoms with Crippen LogP contribution in [0.5, 0.6) is 0 Å². The van der Waals surface area contributed by atoms with Crippen molar-refractivity contribution in [2.75, 3.05) is 0 Å². The van der Waals surface area contributed by atoms with Gasteiger partial charge in [0.05, 0.1) is 13.2 Å². The van der Waals surface area contributed by atoms with Crippen LogP contribution >= 0.6 is 0 Å². The highest BCUT2D eigenvalue weighted by molar-refractivity contribution is 5.21. The lowest BCUT2D eigenvalue weighted by atomic mass is 10.1. The number of aliphatic hydroxyl groups is 2. The highest BCUT2D eigenvalue weighted by atomic mass is 16.3. The van der Waals surface area contributed by atoms with E-state index in [-0.39, 0.29) is 13.2 Å². The molecule has 0 amide bonds. The van der Waals surface area contributed by atoms with Gasteiger partial charge in [0, 0.05) is 0 Å². The van der Waals surface area contributed by atoms with Crippen LogP contribution in [0.1, 0.15) is 25.0 Å². The average molecular weight is 168 g/mol. The molecule has 0 heterocycles. The second-order valence-corrected chi connectivity index (χ2v) is 2.13. The lowest BCUT2D eigenvalue weighted by molar-refractivity contribution is 0.278. The molecule has 0 bridgehead atoms. The molecule has 0 fully saturated rings. The largest absolute Gasteiger partial charge is 0.392 e.